The van der Waals surface area contributed by atoms with Crippen molar-refractivity contribution in [1.82, 2.24) is 35.0 Å². The number of hydrogen-bond donors (Lipinski definition) is 3. The molecule has 2 aliphatic rings. The first-order valence-electron chi connectivity index (χ1n) is 13.0. The summed E-state index contributed by atoms with van der Waals surface area (Å²) in [5.41, 5.74) is 8.84. The molecule has 0 bridgehead atoms. The molecule has 4 N–H and O–H groups in total. The lowest BCUT2D eigenvalue weighted by Gasteiger charge is -2.39. The number of anilines is 1. The fourth-order valence-electron chi connectivity index (χ4n) is 5.43. The van der Waals surface area contributed by atoms with Gasteiger partial charge in [-0.2, -0.15) is 5.10 Å². The molecule has 11 heteroatoms. The second-order valence-electron chi connectivity index (χ2n) is 10.4. The normalized spacial score (nSPS) is 22.3. The molecule has 0 saturated carbocycles. The molecule has 2 fully saturated rings. The first kappa shape index (κ1) is 26.3. The number of amides is 2. The first-order chi connectivity index (χ1) is 17.2. The molecule has 198 valence electrons. The third kappa shape index (κ3) is 5.63. The summed E-state index contributed by atoms with van der Waals surface area (Å²) in [5.74, 6) is 0.892. The van der Waals surface area contributed by atoms with Crippen molar-refractivity contribution >= 4 is 23.3 Å². The number of carbonyl (C=O) groups is 2. The number of likely N-dealkylation sites (tertiary alicyclic amines) is 1. The van der Waals surface area contributed by atoms with Crippen LogP contribution in [0.1, 0.15) is 56.3 Å². The molecule has 11 nitrogen and oxygen atoms in total. The Morgan fingerprint density at radius 3 is 2.67 bits per heavy atom. The van der Waals surface area contributed by atoms with Crippen LogP contribution in [0.3, 0.4) is 0 Å². The molecule has 0 spiro atoms. The molecular formula is C25H41N9O2. The van der Waals surface area contributed by atoms with E-state index in [9.17, 15) is 9.59 Å². The molecule has 4 heterocycles. The summed E-state index contributed by atoms with van der Waals surface area (Å²) < 4.78 is 1.83. The monoisotopic (exact) mass is 499 g/mol. The van der Waals surface area contributed by atoms with Crippen molar-refractivity contribution in [2.45, 2.75) is 70.2 Å². The van der Waals surface area contributed by atoms with Crippen molar-refractivity contribution in [3.63, 3.8) is 0 Å². The van der Waals surface area contributed by atoms with E-state index < -0.39 is 0 Å². The standard InChI is InChI=1S/C25H41N9O2/c1-16-14-34-23(29-24(16)32-11-9-18(26)15-32)12-19(30-34)20-8-6-7-10-33(20)25(36)21(31(4)5)13-22(27-3)28-17(2)35/h12,14,18,20-22,27H,6-11,13,15,26H2,1-5H3,(H,28,35)/t18-,20-,21?,22?/m0/s1. The van der Waals surface area contributed by atoms with Gasteiger partial charge in [0.05, 0.1) is 23.9 Å². The minimum absolute atomic E-state index is 0.0586. The largest absolute Gasteiger partial charge is 0.355 e. The van der Waals surface area contributed by atoms with Gasteiger partial charge in [-0.15, -0.1) is 0 Å². The molecule has 2 amide bonds. The number of nitrogens with two attached hydrogens (primary N) is 1. The van der Waals surface area contributed by atoms with E-state index in [-0.39, 0.29) is 36.1 Å². The maximum absolute atomic E-state index is 13.9. The van der Waals surface area contributed by atoms with Gasteiger partial charge >= 0.3 is 0 Å². The Labute approximate surface area is 213 Å². The van der Waals surface area contributed by atoms with Gasteiger partial charge in [-0.25, -0.2) is 9.50 Å². The summed E-state index contributed by atoms with van der Waals surface area (Å²) in [6.45, 7) is 5.96. The molecule has 0 aliphatic carbocycles. The summed E-state index contributed by atoms with van der Waals surface area (Å²) in [6, 6.07) is 1.72. The Morgan fingerprint density at radius 1 is 1.25 bits per heavy atom. The van der Waals surface area contributed by atoms with Crippen LogP contribution >= 0.6 is 0 Å². The minimum Gasteiger partial charge on any atom is -0.355 e. The second kappa shape index (κ2) is 11.1. The van der Waals surface area contributed by atoms with E-state index in [1.54, 1.807) is 7.05 Å². The highest BCUT2D eigenvalue weighted by Crippen LogP contribution is 2.32. The number of nitrogens with zero attached hydrogens (tertiary/aromatic N) is 6. The second-order valence-corrected chi connectivity index (χ2v) is 10.4. The number of likely N-dealkylation sites (N-methyl/N-ethyl adjacent to an activating group) is 1. The van der Waals surface area contributed by atoms with Crippen molar-refractivity contribution in [2.24, 2.45) is 5.73 Å². The van der Waals surface area contributed by atoms with E-state index in [2.05, 4.69) is 22.5 Å². The summed E-state index contributed by atoms with van der Waals surface area (Å²) in [7, 11) is 5.61. The third-order valence-corrected chi connectivity index (χ3v) is 7.37. The van der Waals surface area contributed by atoms with Crippen molar-refractivity contribution in [2.75, 3.05) is 45.7 Å². The molecule has 0 radical (unpaired) electrons. The quantitative estimate of drug-likeness (QED) is 0.452. The zero-order valence-corrected chi connectivity index (χ0v) is 22.2. The summed E-state index contributed by atoms with van der Waals surface area (Å²) in [6.07, 6.45) is 6.05. The van der Waals surface area contributed by atoms with Crippen LogP contribution in [-0.2, 0) is 9.59 Å². The minimum atomic E-state index is -0.377. The van der Waals surface area contributed by atoms with Gasteiger partial charge in [-0.1, -0.05) is 0 Å². The van der Waals surface area contributed by atoms with Gasteiger partial charge in [-0.3, -0.25) is 14.5 Å². The lowest BCUT2D eigenvalue weighted by atomic mass is 9.97. The maximum Gasteiger partial charge on any atom is 0.240 e. The smallest absolute Gasteiger partial charge is 0.240 e. The number of fused-ring (bicyclic) bond motifs is 1. The highest BCUT2D eigenvalue weighted by atomic mass is 16.2. The van der Waals surface area contributed by atoms with Crippen molar-refractivity contribution in [3.8, 4) is 0 Å². The number of rotatable bonds is 8. The molecule has 2 unspecified atom stereocenters. The van der Waals surface area contributed by atoms with Gasteiger partial charge in [0.1, 0.15) is 5.82 Å². The van der Waals surface area contributed by atoms with Gasteiger partial charge < -0.3 is 26.2 Å². The topological polar surface area (TPSA) is 124 Å². The lowest BCUT2D eigenvalue weighted by molar-refractivity contribution is -0.141. The molecular weight excluding hydrogens is 458 g/mol. The van der Waals surface area contributed by atoms with Crippen LogP contribution in [-0.4, -0.2) is 95.2 Å². The average Bonchev–Trinajstić information content (AvgIpc) is 3.45. The van der Waals surface area contributed by atoms with E-state index in [4.69, 9.17) is 15.8 Å². The number of hydrogen-bond acceptors (Lipinski definition) is 8. The van der Waals surface area contributed by atoms with Crippen LogP contribution < -0.4 is 21.3 Å². The van der Waals surface area contributed by atoms with Crippen LogP contribution in [0.2, 0.25) is 0 Å². The Balaban J connectivity index is 1.59. The summed E-state index contributed by atoms with van der Waals surface area (Å²) >= 11 is 0. The highest BCUT2D eigenvalue weighted by Gasteiger charge is 2.36. The summed E-state index contributed by atoms with van der Waals surface area (Å²) in [5, 5.41) is 10.9. The Bertz CT molecular complexity index is 1080. The zero-order valence-electron chi connectivity index (χ0n) is 22.2. The number of piperidine rings is 1. The Hall–Kier alpha value is -2.76. The van der Waals surface area contributed by atoms with Crippen LogP contribution in [0.5, 0.6) is 0 Å². The van der Waals surface area contributed by atoms with Crippen LogP contribution in [0.15, 0.2) is 12.3 Å². The molecule has 2 aliphatic heterocycles. The SMILES string of the molecule is CNC(CC(C(=O)N1CCCC[C@H]1c1cc2nc(N3CC[C@H](N)C3)c(C)cn2n1)N(C)C)NC(C)=O. The van der Waals surface area contributed by atoms with Gasteiger partial charge in [0.2, 0.25) is 11.8 Å². The number of aryl methyl sites for hydroxylation is 1. The van der Waals surface area contributed by atoms with E-state index in [1.807, 2.05) is 40.7 Å². The first-order valence-corrected chi connectivity index (χ1v) is 13.0. The predicted molar refractivity (Wildman–Crippen MR) is 140 cm³/mol. The third-order valence-electron chi connectivity index (χ3n) is 7.37. The molecule has 2 aromatic rings. The van der Waals surface area contributed by atoms with E-state index in [0.717, 1.165) is 61.5 Å². The Morgan fingerprint density at radius 2 is 2.03 bits per heavy atom. The van der Waals surface area contributed by atoms with Crippen molar-refractivity contribution in [1.29, 1.82) is 0 Å². The van der Waals surface area contributed by atoms with Crippen molar-refractivity contribution in [3.05, 3.63) is 23.5 Å². The predicted octanol–water partition coefficient (Wildman–Crippen LogP) is 0.631. The lowest BCUT2D eigenvalue weighted by Crippen LogP contribution is -2.54. The highest BCUT2D eigenvalue weighted by molar-refractivity contribution is 5.82. The van der Waals surface area contributed by atoms with E-state index in [1.165, 1.54) is 6.92 Å². The molecule has 36 heavy (non-hydrogen) atoms. The number of nitrogens with one attached hydrogen (secondary N) is 2. The van der Waals surface area contributed by atoms with Gasteiger partial charge in [0.15, 0.2) is 5.65 Å². The van der Waals surface area contributed by atoms with E-state index in [0.29, 0.717) is 13.0 Å². The molecule has 2 saturated heterocycles. The zero-order chi connectivity index (χ0) is 26.0. The van der Waals surface area contributed by atoms with Crippen LogP contribution in [0.25, 0.3) is 5.65 Å². The fourth-order valence-corrected chi connectivity index (χ4v) is 5.43. The average molecular weight is 500 g/mol. The molecule has 2 aromatic heterocycles. The number of aromatic nitrogens is 3. The molecule has 0 aromatic carbocycles. The number of carbonyl (C=O) groups excluding carboxylic acids is 2. The van der Waals surface area contributed by atoms with Gasteiger partial charge in [0.25, 0.3) is 0 Å². The van der Waals surface area contributed by atoms with Crippen LogP contribution in [0.4, 0.5) is 5.82 Å². The summed E-state index contributed by atoms with van der Waals surface area (Å²) in [4.78, 5) is 36.6. The Kier molecular flexibility index (Phi) is 8.11. The van der Waals surface area contributed by atoms with E-state index >= 15 is 0 Å². The molecule has 4 rings (SSSR count). The van der Waals surface area contributed by atoms with Crippen LogP contribution in [0, 0.1) is 6.92 Å². The van der Waals surface area contributed by atoms with Crippen molar-refractivity contribution < 1.29 is 9.59 Å². The maximum atomic E-state index is 13.9. The van der Waals surface area contributed by atoms with Gasteiger partial charge in [0, 0.05) is 56.8 Å². The fraction of sp³-hybridized carbons (Fsp3) is 0.680. The van der Waals surface area contributed by atoms with Gasteiger partial charge in [-0.05, 0) is 53.8 Å². The molecule has 4 atom stereocenters.